The van der Waals surface area contributed by atoms with Crippen molar-refractivity contribution >= 4 is 64.0 Å². The molecule has 22 heavy (non-hydrogen) atoms. The Morgan fingerprint density at radius 2 is 1.50 bits per heavy atom. The van der Waals surface area contributed by atoms with E-state index < -0.39 is 11.5 Å². The molecule has 9 heteroatoms. The van der Waals surface area contributed by atoms with Gasteiger partial charge in [-0.1, -0.05) is 58.0 Å². The van der Waals surface area contributed by atoms with Crippen LogP contribution >= 0.6 is 58.0 Å². The Morgan fingerprint density at radius 1 is 1.00 bits per heavy atom. The lowest BCUT2D eigenvalue weighted by atomic mass is 10.1. The summed E-state index contributed by atoms with van der Waals surface area (Å²) in [4.78, 5) is 26.0. The van der Waals surface area contributed by atoms with E-state index in [1.165, 1.54) is 19.4 Å². The van der Waals surface area contributed by atoms with Gasteiger partial charge in [0.2, 0.25) is 0 Å². The van der Waals surface area contributed by atoms with Gasteiger partial charge in [-0.3, -0.25) is 4.79 Å². The Bertz CT molecular complexity index is 802. The highest BCUT2D eigenvalue weighted by molar-refractivity contribution is 6.56. The second-order valence-corrected chi connectivity index (χ2v) is 5.96. The van der Waals surface area contributed by atoms with Crippen LogP contribution in [-0.2, 0) is 4.74 Å². The molecule has 0 spiro atoms. The van der Waals surface area contributed by atoms with Crippen molar-refractivity contribution in [2.75, 3.05) is 7.11 Å². The molecule has 0 bridgehead atoms. The van der Waals surface area contributed by atoms with Crippen molar-refractivity contribution in [1.82, 2.24) is 4.98 Å². The predicted octanol–water partition coefficient (Wildman–Crippen LogP) is 5.10. The maximum Gasteiger partial charge on any atom is 0.339 e. The van der Waals surface area contributed by atoms with Crippen LogP contribution in [0.5, 0.6) is 0 Å². The minimum atomic E-state index is -0.643. The molecule has 1 aromatic heterocycles. The molecule has 0 aliphatic heterocycles. The maximum absolute atomic E-state index is 12.1. The number of ether oxygens (including phenoxy) is 1. The van der Waals surface area contributed by atoms with Gasteiger partial charge in [0, 0.05) is 11.8 Å². The molecule has 0 amide bonds. The molecule has 1 aromatic carbocycles. The first-order chi connectivity index (χ1) is 10.3. The molecule has 0 fully saturated rings. The molecule has 0 aliphatic carbocycles. The van der Waals surface area contributed by atoms with Crippen molar-refractivity contribution < 1.29 is 9.53 Å². The standard InChI is InChI=1S/C13H6Cl5NO3/c1-22-13(21)4-2-5(12(20)19-3-4)6-7(14)9(16)11(18)10(17)8(6)15/h2-3H,1H3,(H,19,20). The normalized spacial score (nSPS) is 10.6. The Kier molecular flexibility index (Phi) is 5.30. The molecule has 116 valence electrons. The number of aromatic nitrogens is 1. The van der Waals surface area contributed by atoms with E-state index in [0.29, 0.717) is 0 Å². The molecular weight excluding hydrogens is 395 g/mol. The Hall–Kier alpha value is -0.910. The zero-order valence-corrected chi connectivity index (χ0v) is 14.5. The van der Waals surface area contributed by atoms with Crippen molar-refractivity contribution in [2.45, 2.75) is 0 Å². The molecule has 0 unspecified atom stereocenters. The van der Waals surface area contributed by atoms with Gasteiger partial charge < -0.3 is 9.72 Å². The summed E-state index contributed by atoms with van der Waals surface area (Å²) in [5.41, 5.74) is -0.342. The highest BCUT2D eigenvalue weighted by atomic mass is 35.5. The number of hydrogen-bond donors (Lipinski definition) is 1. The topological polar surface area (TPSA) is 59.2 Å². The SMILES string of the molecule is COC(=O)c1c[nH]c(=O)c(-c2c(Cl)c(Cl)c(Cl)c(Cl)c2Cl)c1. The van der Waals surface area contributed by atoms with E-state index in [0.717, 1.165) is 0 Å². The van der Waals surface area contributed by atoms with Crippen LogP contribution in [0.25, 0.3) is 11.1 Å². The first kappa shape index (κ1) is 17.4. The van der Waals surface area contributed by atoms with Gasteiger partial charge in [0.25, 0.3) is 5.56 Å². The van der Waals surface area contributed by atoms with Crippen molar-refractivity contribution in [3.8, 4) is 11.1 Å². The van der Waals surface area contributed by atoms with Gasteiger partial charge in [-0.2, -0.15) is 0 Å². The van der Waals surface area contributed by atoms with Crippen molar-refractivity contribution in [3.05, 3.63) is 53.3 Å². The largest absolute Gasteiger partial charge is 0.465 e. The quantitative estimate of drug-likeness (QED) is 0.433. The molecule has 2 rings (SSSR count). The molecule has 0 aliphatic rings. The van der Waals surface area contributed by atoms with Crippen LogP contribution in [0.15, 0.2) is 17.1 Å². The summed E-state index contributed by atoms with van der Waals surface area (Å²) in [5, 5.41) is -0.212. The predicted molar refractivity (Wildman–Crippen MR) is 88.9 cm³/mol. The first-order valence-corrected chi connectivity index (χ1v) is 7.51. The highest BCUT2D eigenvalue weighted by Crippen LogP contribution is 2.47. The molecule has 4 nitrogen and oxygen atoms in total. The van der Waals surface area contributed by atoms with Gasteiger partial charge in [-0.25, -0.2) is 4.79 Å². The second-order valence-electron chi connectivity index (χ2n) is 4.07. The number of rotatable bonds is 2. The zero-order chi connectivity index (χ0) is 16.6. The molecule has 2 aromatic rings. The van der Waals surface area contributed by atoms with Crippen LogP contribution in [0.2, 0.25) is 25.1 Å². The van der Waals surface area contributed by atoms with E-state index in [2.05, 4.69) is 9.72 Å². The van der Waals surface area contributed by atoms with Gasteiger partial charge in [-0.15, -0.1) is 0 Å². The van der Waals surface area contributed by atoms with E-state index in [-0.39, 0.29) is 41.8 Å². The first-order valence-electron chi connectivity index (χ1n) is 5.62. The number of pyridine rings is 1. The van der Waals surface area contributed by atoms with Gasteiger partial charge in [-0.05, 0) is 6.07 Å². The van der Waals surface area contributed by atoms with E-state index in [1.807, 2.05) is 0 Å². The maximum atomic E-state index is 12.1. The van der Waals surface area contributed by atoms with Crippen LogP contribution in [0.1, 0.15) is 10.4 Å². The summed E-state index contributed by atoms with van der Waals surface area (Å²) in [6, 6.07) is 1.28. The Morgan fingerprint density at radius 3 is 2.00 bits per heavy atom. The van der Waals surface area contributed by atoms with Crippen LogP contribution in [0, 0.1) is 0 Å². The van der Waals surface area contributed by atoms with E-state index >= 15 is 0 Å². The Balaban J connectivity index is 2.83. The third-order valence-electron chi connectivity index (χ3n) is 2.80. The number of carbonyl (C=O) groups excluding carboxylic acids is 1. The van der Waals surface area contributed by atoms with Gasteiger partial charge in [0.15, 0.2) is 0 Å². The van der Waals surface area contributed by atoms with E-state index in [1.54, 1.807) is 0 Å². The third kappa shape index (κ3) is 2.94. The second kappa shape index (κ2) is 6.69. The van der Waals surface area contributed by atoms with E-state index in [4.69, 9.17) is 58.0 Å². The van der Waals surface area contributed by atoms with Gasteiger partial charge >= 0.3 is 5.97 Å². The molecule has 1 heterocycles. The van der Waals surface area contributed by atoms with Crippen LogP contribution in [0.3, 0.4) is 0 Å². The fourth-order valence-corrected chi connectivity index (χ4v) is 3.09. The molecule has 0 radical (unpaired) electrons. The van der Waals surface area contributed by atoms with Crippen LogP contribution in [0.4, 0.5) is 0 Å². The number of esters is 1. The Labute approximate surface area is 149 Å². The number of methoxy groups -OCH3 is 1. The number of carbonyl (C=O) groups is 1. The number of aromatic amines is 1. The summed E-state index contributed by atoms with van der Waals surface area (Å²) in [6.45, 7) is 0. The number of halogens is 5. The summed E-state index contributed by atoms with van der Waals surface area (Å²) >= 11 is 30.1. The molecule has 0 atom stereocenters. The average Bonchev–Trinajstić information content (AvgIpc) is 2.52. The van der Waals surface area contributed by atoms with Crippen molar-refractivity contribution in [2.24, 2.45) is 0 Å². The minimum absolute atomic E-state index is 0.0124. The third-order valence-corrected chi connectivity index (χ3v) is 5.08. The van der Waals surface area contributed by atoms with E-state index in [9.17, 15) is 9.59 Å². The number of hydrogen-bond acceptors (Lipinski definition) is 3. The molecule has 0 saturated heterocycles. The molecule has 0 saturated carbocycles. The van der Waals surface area contributed by atoms with Crippen molar-refractivity contribution in [1.29, 1.82) is 0 Å². The average molecular weight is 401 g/mol. The molecule has 1 N–H and O–H groups in total. The fraction of sp³-hybridized carbons (Fsp3) is 0.0769. The smallest absolute Gasteiger partial charge is 0.339 e. The lowest BCUT2D eigenvalue weighted by Crippen LogP contribution is -2.13. The van der Waals surface area contributed by atoms with Crippen LogP contribution < -0.4 is 5.56 Å². The van der Waals surface area contributed by atoms with Crippen molar-refractivity contribution in [3.63, 3.8) is 0 Å². The minimum Gasteiger partial charge on any atom is -0.465 e. The van der Waals surface area contributed by atoms with Gasteiger partial charge in [0.05, 0.1) is 43.3 Å². The number of H-pyrrole nitrogens is 1. The monoisotopic (exact) mass is 399 g/mol. The summed E-state index contributed by atoms with van der Waals surface area (Å²) in [6.07, 6.45) is 1.21. The summed E-state index contributed by atoms with van der Waals surface area (Å²) in [7, 11) is 1.21. The lowest BCUT2D eigenvalue weighted by Gasteiger charge is -2.12. The molecular formula is C13H6Cl5NO3. The number of nitrogens with one attached hydrogen (secondary N) is 1. The van der Waals surface area contributed by atoms with Gasteiger partial charge in [0.1, 0.15) is 0 Å². The summed E-state index contributed by atoms with van der Waals surface area (Å²) < 4.78 is 4.59. The fourth-order valence-electron chi connectivity index (χ4n) is 1.75. The number of benzene rings is 1. The van der Waals surface area contributed by atoms with Crippen LogP contribution in [-0.4, -0.2) is 18.1 Å². The highest BCUT2D eigenvalue weighted by Gasteiger charge is 2.23. The summed E-state index contributed by atoms with van der Waals surface area (Å²) in [5.74, 6) is -0.643. The zero-order valence-electron chi connectivity index (χ0n) is 10.8. The lowest BCUT2D eigenvalue weighted by molar-refractivity contribution is 0.0600.